The molecule has 0 atom stereocenters. The summed E-state index contributed by atoms with van der Waals surface area (Å²) in [5.41, 5.74) is 0. The molecule has 9 heavy (non-hydrogen) atoms. The Bertz CT molecular complexity index is 84.3. The van der Waals surface area contributed by atoms with Crippen LogP contribution in [0.25, 0.3) is 5.32 Å². The maximum Gasteiger partial charge on any atom is 0.0906 e. The van der Waals surface area contributed by atoms with Gasteiger partial charge in [-0.3, -0.25) is 5.41 Å². The van der Waals surface area contributed by atoms with Gasteiger partial charge in [-0.1, -0.05) is 6.67 Å². The fourth-order valence-electron chi connectivity index (χ4n) is 0.318. The summed E-state index contributed by atoms with van der Waals surface area (Å²) in [5, 5.41) is 10.9. The van der Waals surface area contributed by atoms with Gasteiger partial charge in [-0.2, -0.15) is 7.05 Å². The number of nitrogens with one attached hydrogen (secondary N) is 1. The maximum absolute atomic E-state index is 7.07. The predicted octanol–water partition coefficient (Wildman–Crippen LogP) is 0.874. The van der Waals surface area contributed by atoms with E-state index in [-0.39, 0.29) is 20.4 Å². The Morgan fingerprint density at radius 1 is 1.67 bits per heavy atom. The van der Waals surface area contributed by atoms with E-state index in [4.69, 9.17) is 5.41 Å². The monoisotopic (exact) mass is 301 g/mol. The zero-order valence-corrected chi connectivity index (χ0v) is 8.70. The minimum absolute atomic E-state index is 0. The van der Waals surface area contributed by atoms with Crippen LogP contribution >= 0.6 is 0 Å². The minimum Gasteiger partial charge on any atom is -0.648 e. The SMILES string of the molecule is C[N-]CN(C)C(C)=N.[Re]. The summed E-state index contributed by atoms with van der Waals surface area (Å²) in [4.78, 5) is 1.76. The minimum atomic E-state index is 0. The Balaban J connectivity index is 0. The van der Waals surface area contributed by atoms with E-state index in [2.05, 4.69) is 5.32 Å². The Hall–Kier alpha value is 0.0923. The van der Waals surface area contributed by atoms with Crippen molar-refractivity contribution >= 4 is 5.84 Å². The van der Waals surface area contributed by atoms with Crippen molar-refractivity contribution in [1.82, 2.24) is 4.90 Å². The van der Waals surface area contributed by atoms with Crippen LogP contribution in [0.15, 0.2) is 0 Å². The van der Waals surface area contributed by atoms with Crippen LogP contribution in [0, 0.1) is 5.41 Å². The first-order valence-electron chi connectivity index (χ1n) is 2.50. The van der Waals surface area contributed by atoms with E-state index in [9.17, 15) is 0 Å². The summed E-state index contributed by atoms with van der Waals surface area (Å²) >= 11 is 0. The normalized spacial score (nSPS) is 7.89. The number of hydrogen-bond donors (Lipinski definition) is 1. The molecule has 0 amide bonds. The van der Waals surface area contributed by atoms with Crippen molar-refractivity contribution in [1.29, 1.82) is 5.41 Å². The summed E-state index contributed by atoms with van der Waals surface area (Å²) in [6.07, 6.45) is 0. The molecule has 0 unspecified atom stereocenters. The van der Waals surface area contributed by atoms with Crippen molar-refractivity contribution in [2.24, 2.45) is 0 Å². The van der Waals surface area contributed by atoms with E-state index in [1.165, 1.54) is 0 Å². The van der Waals surface area contributed by atoms with Crippen LogP contribution < -0.4 is 0 Å². The van der Waals surface area contributed by atoms with Gasteiger partial charge in [0.2, 0.25) is 0 Å². The Kier molecular flexibility index (Phi) is 8.18. The van der Waals surface area contributed by atoms with Crippen LogP contribution in [-0.2, 0) is 20.4 Å². The molecular weight excluding hydrogens is 288 g/mol. The summed E-state index contributed by atoms with van der Waals surface area (Å²) in [5.74, 6) is 0.551. The topological polar surface area (TPSA) is 41.2 Å². The molecule has 1 N–H and O–H groups in total. The number of nitrogens with zero attached hydrogens (tertiary/aromatic N) is 2. The molecule has 4 heteroatoms. The largest absolute Gasteiger partial charge is 0.648 e. The van der Waals surface area contributed by atoms with Gasteiger partial charge < -0.3 is 10.2 Å². The molecule has 0 spiro atoms. The molecule has 0 aliphatic heterocycles. The van der Waals surface area contributed by atoms with Gasteiger partial charge in [0.15, 0.2) is 0 Å². The molecule has 0 bridgehead atoms. The van der Waals surface area contributed by atoms with Crippen LogP contribution in [0.2, 0.25) is 0 Å². The van der Waals surface area contributed by atoms with Crippen molar-refractivity contribution in [3.05, 3.63) is 5.32 Å². The molecule has 0 heterocycles. The standard InChI is InChI=1S/C5H12N3.Re/c1-5(6)8(3)4-7-2;/h6H,4H2,1-3H3;/q-1;. The first-order valence-corrected chi connectivity index (χ1v) is 2.50. The maximum atomic E-state index is 7.07. The van der Waals surface area contributed by atoms with Gasteiger partial charge in [-0.25, -0.2) is 0 Å². The van der Waals surface area contributed by atoms with Crippen LogP contribution in [0.1, 0.15) is 6.92 Å². The molecule has 0 rings (SSSR count). The zero-order valence-electron chi connectivity index (χ0n) is 5.98. The van der Waals surface area contributed by atoms with Crippen molar-refractivity contribution in [2.75, 3.05) is 20.8 Å². The molecule has 1 radical (unpaired) electrons. The van der Waals surface area contributed by atoms with Gasteiger partial charge in [-0.15, -0.1) is 0 Å². The second kappa shape index (κ2) is 6.22. The van der Waals surface area contributed by atoms with Crippen LogP contribution in [0.4, 0.5) is 0 Å². The van der Waals surface area contributed by atoms with Crippen molar-refractivity contribution < 1.29 is 20.4 Å². The van der Waals surface area contributed by atoms with Gasteiger partial charge in [0.1, 0.15) is 0 Å². The van der Waals surface area contributed by atoms with E-state index in [1.807, 2.05) is 7.05 Å². The second-order valence-electron chi connectivity index (χ2n) is 1.74. The molecule has 0 fully saturated rings. The Labute approximate surface area is 70.0 Å². The third-order valence-electron chi connectivity index (χ3n) is 0.926. The second-order valence-corrected chi connectivity index (χ2v) is 1.74. The summed E-state index contributed by atoms with van der Waals surface area (Å²) < 4.78 is 0. The molecule has 0 aromatic carbocycles. The summed E-state index contributed by atoms with van der Waals surface area (Å²) in [7, 11) is 3.58. The first-order chi connectivity index (χ1) is 3.68. The van der Waals surface area contributed by atoms with E-state index in [1.54, 1.807) is 18.9 Å². The fourth-order valence-corrected chi connectivity index (χ4v) is 0.318. The Morgan fingerprint density at radius 2 is 2.11 bits per heavy atom. The summed E-state index contributed by atoms with van der Waals surface area (Å²) in [6, 6.07) is 0. The van der Waals surface area contributed by atoms with Crippen molar-refractivity contribution in [2.45, 2.75) is 6.92 Å². The molecule has 0 aromatic rings. The van der Waals surface area contributed by atoms with Gasteiger partial charge >= 0.3 is 0 Å². The predicted molar refractivity (Wildman–Crippen MR) is 35.3 cm³/mol. The van der Waals surface area contributed by atoms with Gasteiger partial charge in [0.25, 0.3) is 0 Å². The van der Waals surface area contributed by atoms with E-state index < -0.39 is 0 Å². The van der Waals surface area contributed by atoms with E-state index >= 15 is 0 Å². The fraction of sp³-hybridized carbons (Fsp3) is 0.800. The average Bonchev–Trinajstić information content (AvgIpc) is 1.67. The molecule has 3 nitrogen and oxygen atoms in total. The molecule has 0 saturated carbocycles. The van der Waals surface area contributed by atoms with Gasteiger partial charge in [0, 0.05) is 27.5 Å². The van der Waals surface area contributed by atoms with Crippen LogP contribution in [-0.4, -0.2) is 31.5 Å². The zero-order chi connectivity index (χ0) is 6.57. The van der Waals surface area contributed by atoms with E-state index in [0.717, 1.165) is 0 Å². The molecule has 0 aliphatic carbocycles. The molecule has 55 valence electrons. The van der Waals surface area contributed by atoms with Gasteiger partial charge in [0.05, 0.1) is 5.84 Å². The first kappa shape index (κ1) is 11.8. The third-order valence-corrected chi connectivity index (χ3v) is 0.926. The smallest absolute Gasteiger partial charge is 0.0906 e. The molecule has 0 aliphatic rings. The quantitative estimate of drug-likeness (QED) is 0.597. The Morgan fingerprint density at radius 3 is 2.22 bits per heavy atom. The number of amidine groups is 1. The van der Waals surface area contributed by atoms with Crippen molar-refractivity contribution in [3.8, 4) is 0 Å². The summed E-state index contributed by atoms with van der Waals surface area (Å²) in [6.45, 7) is 2.36. The molecule has 0 aromatic heterocycles. The number of rotatable bonds is 2. The van der Waals surface area contributed by atoms with Crippen LogP contribution in [0.3, 0.4) is 0 Å². The molecule has 0 saturated heterocycles. The van der Waals surface area contributed by atoms with Gasteiger partial charge in [-0.05, 0) is 6.92 Å². The number of hydrogen-bond acceptors (Lipinski definition) is 1. The third kappa shape index (κ3) is 5.97. The van der Waals surface area contributed by atoms with Crippen molar-refractivity contribution in [3.63, 3.8) is 0 Å². The molecular formula is C5H12N3Re-. The van der Waals surface area contributed by atoms with E-state index in [0.29, 0.717) is 12.5 Å². The average molecular weight is 300 g/mol. The van der Waals surface area contributed by atoms with Crippen LogP contribution in [0.5, 0.6) is 0 Å².